The molecule has 30 heavy (non-hydrogen) atoms. The lowest BCUT2D eigenvalue weighted by Crippen LogP contribution is -2.20. The van der Waals surface area contributed by atoms with Crippen LogP contribution < -0.4 is 10.2 Å². The van der Waals surface area contributed by atoms with Gasteiger partial charge in [-0.2, -0.15) is 5.10 Å². The number of pyridine rings is 1. The van der Waals surface area contributed by atoms with Gasteiger partial charge in [-0.05, 0) is 30.5 Å². The fourth-order valence-corrected chi connectivity index (χ4v) is 4.14. The molecule has 160 valence electrons. The van der Waals surface area contributed by atoms with E-state index < -0.39 is 11.0 Å². The zero-order chi connectivity index (χ0) is 21.3. The number of nitrogens with zero attached hydrogens (tertiary/aromatic N) is 3. The first-order chi connectivity index (χ1) is 14.6. The third-order valence-electron chi connectivity index (χ3n) is 4.89. The number of carbonyl (C=O) groups excluding carboxylic acids is 1. The molecule has 1 atom stereocenters. The average molecular weight is 430 g/mol. The van der Waals surface area contributed by atoms with Gasteiger partial charge in [-0.25, -0.2) is 14.4 Å². The summed E-state index contributed by atoms with van der Waals surface area (Å²) in [4.78, 5) is 15.4. The van der Waals surface area contributed by atoms with Crippen LogP contribution in [0.4, 0.5) is 0 Å². The molecule has 0 aliphatic heterocycles. The minimum atomic E-state index is -1.15. The first kappa shape index (κ1) is 22.1. The van der Waals surface area contributed by atoms with Crippen molar-refractivity contribution in [1.29, 1.82) is 0 Å². The molecule has 3 N–H and O–H groups in total. The first-order valence-corrected chi connectivity index (χ1v) is 11.3. The van der Waals surface area contributed by atoms with Gasteiger partial charge in [0.1, 0.15) is 0 Å². The summed E-state index contributed by atoms with van der Waals surface area (Å²) in [5, 5.41) is 13.8. The van der Waals surface area contributed by atoms with Gasteiger partial charge in [-0.3, -0.25) is 19.7 Å². The topological polar surface area (TPSA) is 109 Å². The van der Waals surface area contributed by atoms with Crippen LogP contribution in [0.2, 0.25) is 0 Å². The van der Waals surface area contributed by atoms with Gasteiger partial charge in [0.25, 0.3) is 0 Å². The van der Waals surface area contributed by atoms with Crippen LogP contribution in [0.25, 0.3) is 22.2 Å². The average Bonchev–Trinajstić information content (AvgIpc) is 3.13. The van der Waals surface area contributed by atoms with E-state index >= 15 is 0 Å². The van der Waals surface area contributed by atoms with Crippen LogP contribution in [0.15, 0.2) is 42.7 Å². The number of hydroxylamine groups is 1. The van der Waals surface area contributed by atoms with Crippen LogP contribution in [-0.2, 0) is 28.6 Å². The molecule has 8 nitrogen and oxygen atoms in total. The second kappa shape index (κ2) is 11.0. The molecule has 1 aromatic carbocycles. The Hall–Kier alpha value is -2.62. The largest absolute Gasteiger partial charge is 0.289 e. The number of unbranched alkanes of at least 4 members (excludes halogenated alkanes) is 3. The van der Waals surface area contributed by atoms with Crippen molar-refractivity contribution in [3.8, 4) is 11.3 Å². The molecule has 3 aromatic rings. The van der Waals surface area contributed by atoms with Crippen molar-refractivity contribution in [1.82, 2.24) is 25.0 Å². The number of hydrogen-bond acceptors (Lipinski definition) is 5. The van der Waals surface area contributed by atoms with Crippen LogP contribution >= 0.6 is 0 Å². The van der Waals surface area contributed by atoms with Gasteiger partial charge in [0.05, 0.1) is 34.1 Å². The van der Waals surface area contributed by atoms with Crippen molar-refractivity contribution >= 4 is 27.8 Å². The Morgan fingerprint density at radius 1 is 1.13 bits per heavy atom. The predicted octanol–water partition coefficient (Wildman–Crippen LogP) is 2.84. The van der Waals surface area contributed by atoms with E-state index in [1.54, 1.807) is 11.7 Å². The molecule has 0 bridgehead atoms. The van der Waals surface area contributed by atoms with E-state index in [0.717, 1.165) is 53.4 Å². The molecule has 0 saturated carbocycles. The van der Waals surface area contributed by atoms with E-state index in [4.69, 9.17) is 5.21 Å². The monoisotopic (exact) mass is 429 g/mol. The van der Waals surface area contributed by atoms with Crippen molar-refractivity contribution < 1.29 is 14.2 Å². The number of hydrogen-bond donors (Lipinski definition) is 3. The Kier molecular flexibility index (Phi) is 8.06. The highest BCUT2D eigenvalue weighted by Crippen LogP contribution is 2.23. The van der Waals surface area contributed by atoms with Gasteiger partial charge in [0, 0.05) is 37.2 Å². The molecular weight excluding hydrogens is 402 g/mol. The van der Waals surface area contributed by atoms with E-state index in [-0.39, 0.29) is 5.91 Å². The summed E-state index contributed by atoms with van der Waals surface area (Å²) in [5.41, 5.74) is 5.49. The Morgan fingerprint density at radius 2 is 1.97 bits per heavy atom. The highest BCUT2D eigenvalue weighted by atomic mass is 32.2. The minimum Gasteiger partial charge on any atom is -0.289 e. The maximum absolute atomic E-state index is 12.2. The Morgan fingerprint density at radius 3 is 2.73 bits per heavy atom. The van der Waals surface area contributed by atoms with Gasteiger partial charge >= 0.3 is 0 Å². The number of aromatic nitrogens is 3. The molecule has 9 heteroatoms. The third-order valence-corrected chi connectivity index (χ3v) is 6.01. The SMILES string of the molecule is Cn1ncc2ccc(-c3ccc(CS(=O)NCCCCCCC(=O)NO)cn3)cc21. The van der Waals surface area contributed by atoms with Crippen LogP contribution in [0.1, 0.15) is 37.7 Å². The van der Waals surface area contributed by atoms with Gasteiger partial charge in [-0.15, -0.1) is 0 Å². The maximum Gasteiger partial charge on any atom is 0.243 e. The molecule has 0 aliphatic rings. The minimum absolute atomic E-state index is 0.328. The number of nitrogens with one attached hydrogen (secondary N) is 2. The summed E-state index contributed by atoms with van der Waals surface area (Å²) < 4.78 is 17.1. The number of carbonyl (C=O) groups is 1. The molecule has 3 rings (SSSR count). The number of rotatable bonds is 11. The number of amides is 1. The molecule has 2 heterocycles. The van der Waals surface area contributed by atoms with Crippen molar-refractivity contribution in [3.63, 3.8) is 0 Å². The van der Waals surface area contributed by atoms with Crippen molar-refractivity contribution in [3.05, 3.63) is 48.3 Å². The smallest absolute Gasteiger partial charge is 0.243 e. The van der Waals surface area contributed by atoms with Crippen molar-refractivity contribution in [2.45, 2.75) is 37.9 Å². The fraction of sp³-hybridized carbons (Fsp3) is 0.381. The Balaban J connectivity index is 1.42. The molecule has 0 fully saturated rings. The third kappa shape index (κ3) is 6.19. The predicted molar refractivity (Wildman–Crippen MR) is 117 cm³/mol. The van der Waals surface area contributed by atoms with Gasteiger partial charge in [-0.1, -0.05) is 31.0 Å². The highest BCUT2D eigenvalue weighted by Gasteiger charge is 2.06. The molecule has 0 spiro atoms. The van der Waals surface area contributed by atoms with Crippen LogP contribution in [0.5, 0.6) is 0 Å². The first-order valence-electron chi connectivity index (χ1n) is 9.98. The zero-order valence-electron chi connectivity index (χ0n) is 17.0. The summed E-state index contributed by atoms with van der Waals surface area (Å²) in [7, 11) is 0.764. The number of aryl methyl sites for hydroxylation is 1. The number of benzene rings is 1. The van der Waals surface area contributed by atoms with E-state index in [9.17, 15) is 9.00 Å². The van der Waals surface area contributed by atoms with E-state index in [0.29, 0.717) is 18.7 Å². The molecule has 1 amide bonds. The molecule has 1 unspecified atom stereocenters. The molecule has 0 saturated heterocycles. The fourth-order valence-electron chi connectivity index (χ4n) is 3.19. The second-order valence-corrected chi connectivity index (χ2v) is 8.45. The lowest BCUT2D eigenvalue weighted by Gasteiger charge is -2.06. The Bertz CT molecular complexity index is 1000. The quantitative estimate of drug-likeness (QED) is 0.247. The molecule has 0 radical (unpaired) electrons. The van der Waals surface area contributed by atoms with E-state index in [1.807, 2.05) is 42.2 Å². The summed E-state index contributed by atoms with van der Waals surface area (Å²) in [6.45, 7) is 0.662. The highest BCUT2D eigenvalue weighted by molar-refractivity contribution is 7.82. The van der Waals surface area contributed by atoms with E-state index in [2.05, 4.69) is 20.9 Å². The second-order valence-electron chi connectivity index (χ2n) is 7.18. The normalized spacial score (nSPS) is 12.2. The van der Waals surface area contributed by atoms with Crippen LogP contribution in [0.3, 0.4) is 0 Å². The van der Waals surface area contributed by atoms with Crippen LogP contribution in [-0.4, -0.2) is 36.6 Å². The molecule has 2 aromatic heterocycles. The van der Waals surface area contributed by atoms with E-state index in [1.165, 1.54) is 0 Å². The standard InChI is InChI=1S/C21H27N5O3S/c1-26-20-12-17(8-9-18(20)14-23-26)19-10-7-16(13-22-19)15-30(29)24-11-5-3-2-4-6-21(27)25-28/h7-10,12-14,24,28H,2-6,11,15H2,1H3,(H,25,27). The van der Waals surface area contributed by atoms with Crippen LogP contribution in [0, 0.1) is 0 Å². The van der Waals surface area contributed by atoms with Crippen molar-refractivity contribution in [2.24, 2.45) is 7.05 Å². The summed E-state index contributed by atoms with van der Waals surface area (Å²) >= 11 is 0. The van der Waals surface area contributed by atoms with Gasteiger partial charge in [0.2, 0.25) is 5.91 Å². The summed E-state index contributed by atoms with van der Waals surface area (Å²) in [6.07, 6.45) is 7.41. The lowest BCUT2D eigenvalue weighted by atomic mass is 10.1. The van der Waals surface area contributed by atoms with Gasteiger partial charge < -0.3 is 0 Å². The Labute approximate surface area is 178 Å². The zero-order valence-corrected chi connectivity index (χ0v) is 17.8. The summed E-state index contributed by atoms with van der Waals surface area (Å²) in [5.74, 6) is 0.0523. The molecular formula is C21H27N5O3S. The maximum atomic E-state index is 12.2. The lowest BCUT2D eigenvalue weighted by molar-refractivity contribution is -0.129. The number of fused-ring (bicyclic) bond motifs is 1. The molecule has 0 aliphatic carbocycles. The van der Waals surface area contributed by atoms with Crippen molar-refractivity contribution in [2.75, 3.05) is 6.54 Å². The summed E-state index contributed by atoms with van der Waals surface area (Å²) in [6, 6.07) is 10.0. The van der Waals surface area contributed by atoms with Gasteiger partial charge in [0.15, 0.2) is 0 Å².